The number of nitrogens with zero attached hydrogens (tertiary/aromatic N) is 2. The number of hydrogen-bond acceptors (Lipinski definition) is 5. The van der Waals surface area contributed by atoms with Crippen LogP contribution >= 0.6 is 0 Å². The first-order valence-corrected chi connectivity index (χ1v) is 7.71. The van der Waals surface area contributed by atoms with Gasteiger partial charge >= 0.3 is 0 Å². The van der Waals surface area contributed by atoms with E-state index in [4.69, 9.17) is 4.74 Å². The highest BCUT2D eigenvalue weighted by Crippen LogP contribution is 2.24. The van der Waals surface area contributed by atoms with Crippen molar-refractivity contribution in [2.24, 2.45) is 5.41 Å². The zero-order valence-corrected chi connectivity index (χ0v) is 14.3. The Labute approximate surface area is 128 Å². The van der Waals surface area contributed by atoms with Crippen molar-refractivity contribution < 1.29 is 4.74 Å². The van der Waals surface area contributed by atoms with Crippen LogP contribution in [0.25, 0.3) is 0 Å². The van der Waals surface area contributed by atoms with Crippen molar-refractivity contribution in [3.05, 3.63) is 11.4 Å². The van der Waals surface area contributed by atoms with Gasteiger partial charge in [-0.15, -0.1) is 0 Å². The minimum absolute atomic E-state index is 0.165. The molecule has 1 aromatic rings. The second kappa shape index (κ2) is 8.17. The lowest BCUT2D eigenvalue weighted by molar-refractivity contribution is 0.157. The van der Waals surface area contributed by atoms with E-state index in [0.717, 1.165) is 55.6 Å². The molecule has 1 aromatic heterocycles. The molecule has 0 spiro atoms. The summed E-state index contributed by atoms with van der Waals surface area (Å²) in [5, 5.41) is 6.84. The quantitative estimate of drug-likeness (QED) is 0.731. The largest absolute Gasteiger partial charge is 0.385 e. The Balaban J connectivity index is 2.76. The molecule has 0 aliphatic heterocycles. The Bertz CT molecular complexity index is 446. The lowest BCUT2D eigenvalue weighted by Gasteiger charge is -2.25. The summed E-state index contributed by atoms with van der Waals surface area (Å²) in [5.74, 6) is 2.64. The molecule has 2 N–H and O–H groups in total. The summed E-state index contributed by atoms with van der Waals surface area (Å²) in [6, 6.07) is 0. The van der Waals surface area contributed by atoms with Crippen molar-refractivity contribution in [2.75, 3.05) is 37.4 Å². The van der Waals surface area contributed by atoms with Gasteiger partial charge in [-0.2, -0.15) is 0 Å². The van der Waals surface area contributed by atoms with E-state index in [0.29, 0.717) is 0 Å². The fourth-order valence-electron chi connectivity index (χ4n) is 2.01. The Morgan fingerprint density at radius 1 is 1.10 bits per heavy atom. The van der Waals surface area contributed by atoms with Crippen LogP contribution in [-0.4, -0.2) is 36.8 Å². The molecular weight excluding hydrogens is 264 g/mol. The Morgan fingerprint density at radius 2 is 1.71 bits per heavy atom. The summed E-state index contributed by atoms with van der Waals surface area (Å²) < 4.78 is 5.17. The van der Waals surface area contributed by atoms with Crippen molar-refractivity contribution in [3.63, 3.8) is 0 Å². The molecule has 0 radical (unpaired) electrons. The maximum absolute atomic E-state index is 5.17. The van der Waals surface area contributed by atoms with Crippen molar-refractivity contribution in [1.29, 1.82) is 0 Å². The van der Waals surface area contributed by atoms with E-state index in [1.165, 1.54) is 0 Å². The highest BCUT2D eigenvalue weighted by atomic mass is 16.5. The summed E-state index contributed by atoms with van der Waals surface area (Å²) in [7, 11) is 1.74. The highest BCUT2D eigenvalue weighted by molar-refractivity contribution is 5.57. The Morgan fingerprint density at radius 3 is 2.29 bits per heavy atom. The van der Waals surface area contributed by atoms with Gasteiger partial charge in [0.1, 0.15) is 17.5 Å². The van der Waals surface area contributed by atoms with Crippen molar-refractivity contribution in [3.8, 4) is 0 Å². The number of aryl methyl sites for hydroxylation is 1. The second-order valence-electron chi connectivity index (χ2n) is 6.28. The van der Waals surface area contributed by atoms with Gasteiger partial charge in [-0.3, -0.25) is 0 Å². The minimum Gasteiger partial charge on any atom is -0.385 e. The van der Waals surface area contributed by atoms with Gasteiger partial charge in [-0.25, -0.2) is 9.97 Å². The monoisotopic (exact) mass is 294 g/mol. The normalized spacial score (nSPS) is 11.5. The third-order valence-corrected chi connectivity index (χ3v) is 3.52. The Hall–Kier alpha value is -1.36. The SMILES string of the molecule is CCCNc1nc(C)nc(NCC(C)(C)CCOC)c1C. The molecule has 0 amide bonds. The second-order valence-corrected chi connectivity index (χ2v) is 6.28. The average molecular weight is 294 g/mol. The fourth-order valence-corrected chi connectivity index (χ4v) is 2.01. The molecule has 5 heteroatoms. The van der Waals surface area contributed by atoms with Crippen molar-refractivity contribution in [1.82, 2.24) is 9.97 Å². The van der Waals surface area contributed by atoms with E-state index in [2.05, 4.69) is 48.3 Å². The summed E-state index contributed by atoms with van der Waals surface area (Å²) in [6.07, 6.45) is 2.09. The predicted molar refractivity (Wildman–Crippen MR) is 89.1 cm³/mol. The molecule has 0 bridgehead atoms. The smallest absolute Gasteiger partial charge is 0.134 e. The first-order chi connectivity index (χ1) is 9.89. The van der Waals surface area contributed by atoms with Gasteiger partial charge in [0.25, 0.3) is 0 Å². The molecule has 0 saturated heterocycles. The molecule has 1 heterocycles. The number of rotatable bonds is 9. The number of anilines is 2. The third kappa shape index (κ3) is 5.87. The van der Waals surface area contributed by atoms with Gasteiger partial charge in [0.15, 0.2) is 0 Å². The van der Waals surface area contributed by atoms with Gasteiger partial charge in [0.2, 0.25) is 0 Å². The molecule has 5 nitrogen and oxygen atoms in total. The van der Waals surface area contributed by atoms with Crippen LogP contribution in [0.4, 0.5) is 11.6 Å². The molecule has 0 aromatic carbocycles. The molecular formula is C16H30N4O. The Kier molecular flexibility index (Phi) is 6.89. The van der Waals surface area contributed by atoms with Crippen LogP contribution in [0, 0.1) is 19.3 Å². The molecule has 0 aliphatic carbocycles. The number of ether oxygens (including phenoxy) is 1. The van der Waals surface area contributed by atoms with Crippen LogP contribution in [0.2, 0.25) is 0 Å². The summed E-state index contributed by atoms with van der Waals surface area (Å²) in [4.78, 5) is 9.01. The van der Waals surface area contributed by atoms with Gasteiger partial charge in [0.05, 0.1) is 0 Å². The van der Waals surface area contributed by atoms with E-state index in [1.54, 1.807) is 7.11 Å². The van der Waals surface area contributed by atoms with E-state index in [-0.39, 0.29) is 5.41 Å². The van der Waals surface area contributed by atoms with Crippen LogP contribution in [0.5, 0.6) is 0 Å². The summed E-state index contributed by atoms with van der Waals surface area (Å²) >= 11 is 0. The predicted octanol–water partition coefficient (Wildman–Crippen LogP) is 3.39. The van der Waals surface area contributed by atoms with Crippen LogP contribution < -0.4 is 10.6 Å². The standard InChI is InChI=1S/C16H30N4O/c1-7-9-17-14-12(2)15(20-13(3)19-14)18-11-16(4,5)8-10-21-6/h7-11H2,1-6H3,(H2,17,18,19,20). The maximum Gasteiger partial charge on any atom is 0.134 e. The average Bonchev–Trinajstić information content (AvgIpc) is 2.44. The first-order valence-electron chi connectivity index (χ1n) is 7.71. The zero-order chi connectivity index (χ0) is 15.9. The van der Waals surface area contributed by atoms with Gasteiger partial charge in [0, 0.05) is 32.4 Å². The van der Waals surface area contributed by atoms with Crippen LogP contribution in [0.1, 0.15) is 45.0 Å². The minimum atomic E-state index is 0.165. The zero-order valence-electron chi connectivity index (χ0n) is 14.3. The van der Waals surface area contributed by atoms with Crippen LogP contribution in [0.3, 0.4) is 0 Å². The number of hydrogen-bond donors (Lipinski definition) is 2. The molecule has 120 valence electrons. The number of nitrogens with one attached hydrogen (secondary N) is 2. The molecule has 1 rings (SSSR count). The number of methoxy groups -OCH3 is 1. The lowest BCUT2D eigenvalue weighted by Crippen LogP contribution is -2.25. The third-order valence-electron chi connectivity index (χ3n) is 3.52. The van der Waals surface area contributed by atoms with E-state index < -0.39 is 0 Å². The van der Waals surface area contributed by atoms with Gasteiger partial charge in [-0.05, 0) is 32.1 Å². The summed E-state index contributed by atoms with van der Waals surface area (Å²) in [5.41, 5.74) is 1.25. The summed E-state index contributed by atoms with van der Waals surface area (Å²) in [6.45, 7) is 13.2. The molecule has 0 fully saturated rings. The fraction of sp³-hybridized carbons (Fsp3) is 0.750. The molecule has 0 saturated carbocycles. The molecule has 0 unspecified atom stereocenters. The van der Waals surface area contributed by atoms with Gasteiger partial charge in [-0.1, -0.05) is 20.8 Å². The maximum atomic E-state index is 5.17. The molecule has 0 atom stereocenters. The first kappa shape index (κ1) is 17.7. The van der Waals surface area contributed by atoms with E-state index in [9.17, 15) is 0 Å². The lowest BCUT2D eigenvalue weighted by atomic mass is 9.89. The molecule has 21 heavy (non-hydrogen) atoms. The highest BCUT2D eigenvalue weighted by Gasteiger charge is 2.18. The van der Waals surface area contributed by atoms with Crippen molar-refractivity contribution >= 4 is 11.6 Å². The van der Waals surface area contributed by atoms with E-state index in [1.807, 2.05) is 6.92 Å². The van der Waals surface area contributed by atoms with E-state index >= 15 is 0 Å². The topological polar surface area (TPSA) is 59.1 Å². The van der Waals surface area contributed by atoms with Crippen molar-refractivity contribution in [2.45, 2.75) is 47.5 Å². The molecule has 0 aliphatic rings. The van der Waals surface area contributed by atoms with Crippen LogP contribution in [-0.2, 0) is 4.74 Å². The number of aromatic nitrogens is 2. The van der Waals surface area contributed by atoms with Crippen LogP contribution in [0.15, 0.2) is 0 Å². The van der Waals surface area contributed by atoms with Gasteiger partial charge < -0.3 is 15.4 Å².